The molecule has 20 heavy (non-hydrogen) atoms. The minimum absolute atomic E-state index is 0.554. The summed E-state index contributed by atoms with van der Waals surface area (Å²) in [5, 5.41) is 42.5. The summed E-state index contributed by atoms with van der Waals surface area (Å²) in [7, 11) is 0. The van der Waals surface area contributed by atoms with Crippen molar-refractivity contribution in [3.05, 3.63) is 0 Å². The van der Waals surface area contributed by atoms with Crippen LogP contribution >= 0.6 is 0 Å². The molecule has 3 unspecified atom stereocenters. The molecule has 0 aliphatic rings. The summed E-state index contributed by atoms with van der Waals surface area (Å²) < 4.78 is 0. The van der Waals surface area contributed by atoms with Gasteiger partial charge in [-0.05, 0) is 20.3 Å². The smallest absolute Gasteiger partial charge is 0.333 e. The highest BCUT2D eigenvalue weighted by Crippen LogP contribution is 2.03. The molecule has 3 atom stereocenters. The van der Waals surface area contributed by atoms with Gasteiger partial charge >= 0.3 is 11.9 Å². The van der Waals surface area contributed by atoms with E-state index in [1.165, 1.54) is 0 Å². The van der Waals surface area contributed by atoms with E-state index in [1.807, 2.05) is 0 Å². The highest BCUT2D eigenvalue weighted by Gasteiger charge is 2.16. The summed E-state index contributed by atoms with van der Waals surface area (Å²) in [6.45, 7) is 6.18. The number of aliphatic hydroxyl groups is 3. The monoisotopic (exact) mass is 295 g/mol. The third-order valence-corrected chi connectivity index (χ3v) is 2.38. The molecular formula is C12H25NO7. The van der Waals surface area contributed by atoms with Crippen LogP contribution in [0.5, 0.6) is 0 Å². The van der Waals surface area contributed by atoms with Gasteiger partial charge in [0.2, 0.25) is 0 Å². The van der Waals surface area contributed by atoms with Crippen LogP contribution in [0.1, 0.15) is 40.0 Å². The molecule has 0 saturated carbocycles. The van der Waals surface area contributed by atoms with Crippen molar-refractivity contribution >= 4 is 11.9 Å². The largest absolute Gasteiger partial charge is 0.481 e. The molecule has 0 bridgehead atoms. The quantitative estimate of drug-likeness (QED) is 0.384. The van der Waals surface area contributed by atoms with Gasteiger partial charge in [0.05, 0.1) is 6.42 Å². The third-order valence-electron chi connectivity index (χ3n) is 2.38. The van der Waals surface area contributed by atoms with Crippen LogP contribution < -0.4 is 0 Å². The molecule has 120 valence electrons. The van der Waals surface area contributed by atoms with Crippen LogP contribution in [-0.4, -0.2) is 67.5 Å². The first kappa shape index (κ1) is 21.1. The molecule has 0 aromatic rings. The normalized spacial score (nSPS) is 14.9. The molecule has 8 heteroatoms. The topological polar surface area (TPSA) is 139 Å². The lowest BCUT2D eigenvalue weighted by Gasteiger charge is -2.27. The number of carbonyl (C=O) groups is 2. The van der Waals surface area contributed by atoms with Gasteiger partial charge in [-0.15, -0.1) is 0 Å². The summed E-state index contributed by atoms with van der Waals surface area (Å²) in [5.74, 6) is -2.85. The maximum Gasteiger partial charge on any atom is 0.333 e. The molecule has 0 aromatic carbocycles. The second-order valence-corrected chi connectivity index (χ2v) is 4.31. The van der Waals surface area contributed by atoms with E-state index < -0.39 is 36.9 Å². The molecule has 8 nitrogen and oxygen atoms in total. The first-order valence-corrected chi connectivity index (χ1v) is 6.37. The summed E-state index contributed by atoms with van der Waals surface area (Å²) in [6.07, 6.45) is -1.56. The van der Waals surface area contributed by atoms with Gasteiger partial charge in [0.15, 0.2) is 6.10 Å². The average molecular weight is 295 g/mol. The highest BCUT2D eigenvalue weighted by atomic mass is 16.4. The van der Waals surface area contributed by atoms with Crippen molar-refractivity contribution in [2.45, 2.75) is 58.6 Å². The Balaban J connectivity index is 0. The second kappa shape index (κ2) is 11.6. The number of hydrogen-bond acceptors (Lipinski definition) is 6. The number of hydrogen-bond donors (Lipinski definition) is 5. The van der Waals surface area contributed by atoms with Crippen LogP contribution in [-0.2, 0) is 9.59 Å². The average Bonchev–Trinajstić information content (AvgIpc) is 2.28. The zero-order valence-corrected chi connectivity index (χ0v) is 12.1. The number of carboxylic acids is 2. The van der Waals surface area contributed by atoms with Crippen LogP contribution in [0.15, 0.2) is 0 Å². The number of aliphatic hydroxyl groups excluding tert-OH is 3. The molecule has 0 amide bonds. The minimum atomic E-state index is -1.79. The van der Waals surface area contributed by atoms with Crippen molar-refractivity contribution in [2.75, 3.05) is 6.54 Å². The number of unbranched alkanes of at least 4 members (excludes halogenated alkanes) is 1. The maximum atomic E-state index is 9.72. The molecular weight excluding hydrogens is 270 g/mol. The molecule has 0 spiro atoms. The van der Waals surface area contributed by atoms with Gasteiger partial charge in [-0.1, -0.05) is 13.3 Å². The number of aliphatic carboxylic acids is 2. The summed E-state index contributed by atoms with van der Waals surface area (Å²) in [6, 6.07) is 0. The first-order valence-electron chi connectivity index (χ1n) is 6.37. The van der Waals surface area contributed by atoms with Crippen molar-refractivity contribution in [3.8, 4) is 0 Å². The van der Waals surface area contributed by atoms with Crippen molar-refractivity contribution in [1.82, 2.24) is 4.90 Å². The van der Waals surface area contributed by atoms with Gasteiger partial charge in [0.1, 0.15) is 12.5 Å². The van der Waals surface area contributed by atoms with E-state index in [1.54, 1.807) is 18.7 Å². The Kier molecular flexibility index (Phi) is 12.2. The molecule has 0 aliphatic heterocycles. The predicted molar refractivity (Wildman–Crippen MR) is 70.9 cm³/mol. The van der Waals surface area contributed by atoms with Gasteiger partial charge in [-0.3, -0.25) is 9.69 Å². The van der Waals surface area contributed by atoms with Crippen LogP contribution in [0.3, 0.4) is 0 Å². The molecule has 0 radical (unpaired) electrons. The fourth-order valence-electron chi connectivity index (χ4n) is 1.28. The molecule has 0 aliphatic carbocycles. The van der Waals surface area contributed by atoms with E-state index in [0.717, 1.165) is 19.4 Å². The Labute approximate surface area is 118 Å². The predicted octanol–water partition coefficient (Wildman–Crippen LogP) is -0.328. The van der Waals surface area contributed by atoms with Crippen LogP contribution in [0.2, 0.25) is 0 Å². The van der Waals surface area contributed by atoms with Crippen molar-refractivity contribution in [2.24, 2.45) is 0 Å². The number of carboxylic acid groups (broad SMARTS) is 2. The Bertz CT molecular complexity index is 273. The van der Waals surface area contributed by atoms with Gasteiger partial charge in [0.25, 0.3) is 0 Å². The third kappa shape index (κ3) is 11.8. The number of rotatable bonds is 8. The fourth-order valence-corrected chi connectivity index (χ4v) is 1.28. The fraction of sp³-hybridized carbons (Fsp3) is 0.833. The Morgan fingerprint density at radius 1 is 1.05 bits per heavy atom. The van der Waals surface area contributed by atoms with Crippen molar-refractivity contribution < 1.29 is 35.1 Å². The van der Waals surface area contributed by atoms with E-state index in [0.29, 0.717) is 0 Å². The van der Waals surface area contributed by atoms with E-state index in [-0.39, 0.29) is 0 Å². The Morgan fingerprint density at radius 3 is 1.70 bits per heavy atom. The number of nitrogens with zero attached hydrogens (tertiary/aromatic N) is 1. The Morgan fingerprint density at radius 2 is 1.50 bits per heavy atom. The van der Waals surface area contributed by atoms with E-state index in [2.05, 4.69) is 6.92 Å². The van der Waals surface area contributed by atoms with Gasteiger partial charge in [-0.25, -0.2) is 4.79 Å². The van der Waals surface area contributed by atoms with Crippen molar-refractivity contribution in [1.29, 1.82) is 0 Å². The molecule has 0 saturated heterocycles. The minimum Gasteiger partial charge on any atom is -0.481 e. The van der Waals surface area contributed by atoms with Gasteiger partial charge in [-0.2, -0.15) is 0 Å². The van der Waals surface area contributed by atoms with Crippen molar-refractivity contribution in [3.63, 3.8) is 0 Å². The summed E-state index contributed by atoms with van der Waals surface area (Å²) >= 11 is 0. The lowest BCUT2D eigenvalue weighted by molar-refractivity contribution is -0.152. The molecule has 0 fully saturated rings. The maximum absolute atomic E-state index is 9.72. The molecule has 0 heterocycles. The standard InChI is InChI=1S/C8H19NO2.C4H6O5/c1-4-5-6-9(7(2)10)8(3)11;5-2(4(8)9)1-3(6)7/h7-8,10-11H,4-6H2,1-3H3;2,5H,1H2,(H,6,7)(H,8,9). The lowest BCUT2D eigenvalue weighted by atomic mass is 10.3. The lowest BCUT2D eigenvalue weighted by Crippen LogP contribution is -2.40. The van der Waals surface area contributed by atoms with Crippen LogP contribution in [0.25, 0.3) is 0 Å². The second-order valence-electron chi connectivity index (χ2n) is 4.31. The van der Waals surface area contributed by atoms with Gasteiger partial charge in [0, 0.05) is 6.54 Å². The Hall–Kier alpha value is -1.22. The highest BCUT2D eigenvalue weighted by molar-refractivity contribution is 5.79. The van der Waals surface area contributed by atoms with E-state index in [9.17, 15) is 19.8 Å². The zero-order chi connectivity index (χ0) is 16.3. The first-order chi connectivity index (χ1) is 9.13. The SMILES string of the molecule is CCCCN(C(C)O)C(C)O.O=C(O)CC(O)C(=O)O. The van der Waals surface area contributed by atoms with Crippen LogP contribution in [0, 0.1) is 0 Å². The van der Waals surface area contributed by atoms with Crippen LogP contribution in [0.4, 0.5) is 0 Å². The molecule has 5 N–H and O–H groups in total. The zero-order valence-electron chi connectivity index (χ0n) is 12.1. The van der Waals surface area contributed by atoms with E-state index in [4.69, 9.17) is 15.3 Å². The summed E-state index contributed by atoms with van der Waals surface area (Å²) in [5.41, 5.74) is 0. The summed E-state index contributed by atoms with van der Waals surface area (Å²) in [4.78, 5) is 21.1. The van der Waals surface area contributed by atoms with Gasteiger partial charge < -0.3 is 25.5 Å². The van der Waals surface area contributed by atoms with E-state index >= 15 is 0 Å². The molecule has 0 aromatic heterocycles. The molecule has 0 rings (SSSR count).